The van der Waals surface area contributed by atoms with Crippen molar-refractivity contribution in [1.29, 1.82) is 0 Å². The molecular weight excluding hydrogens is 306 g/mol. The fourth-order valence-electron chi connectivity index (χ4n) is 2.40. The zero-order valence-corrected chi connectivity index (χ0v) is 14.1. The van der Waals surface area contributed by atoms with Crippen molar-refractivity contribution in [3.05, 3.63) is 64.4 Å². The first-order valence-corrected chi connectivity index (χ1v) is 7.88. The second-order valence-corrected chi connectivity index (χ2v) is 5.77. The summed E-state index contributed by atoms with van der Waals surface area (Å²) in [6.45, 7) is 7.60. The summed E-state index contributed by atoms with van der Waals surface area (Å²) in [4.78, 5) is 0. The van der Waals surface area contributed by atoms with Crippen LogP contribution in [0.25, 0.3) is 0 Å². The lowest BCUT2D eigenvalue weighted by Gasteiger charge is -2.07. The number of aryl methyl sites for hydroxylation is 3. The van der Waals surface area contributed by atoms with E-state index in [1.807, 2.05) is 51.1 Å². The van der Waals surface area contributed by atoms with Gasteiger partial charge in [0.1, 0.15) is 23.9 Å². The number of aromatic nitrogens is 2. The van der Waals surface area contributed by atoms with Crippen LogP contribution in [0.3, 0.4) is 0 Å². The van der Waals surface area contributed by atoms with Gasteiger partial charge in [-0.05, 0) is 38.5 Å². The lowest BCUT2D eigenvalue weighted by molar-refractivity contribution is 0.301. The van der Waals surface area contributed by atoms with Crippen LogP contribution in [0.15, 0.2) is 39.4 Å². The third-order valence-electron chi connectivity index (χ3n) is 3.80. The molecule has 0 saturated heterocycles. The quantitative estimate of drug-likeness (QED) is 0.716. The highest BCUT2D eigenvalue weighted by Gasteiger charge is 2.09. The van der Waals surface area contributed by atoms with Crippen LogP contribution >= 0.6 is 0 Å². The fourth-order valence-corrected chi connectivity index (χ4v) is 2.40. The molecule has 6 heteroatoms. The number of benzene rings is 1. The van der Waals surface area contributed by atoms with Crippen LogP contribution in [0, 0.1) is 20.8 Å². The predicted octanol–water partition coefficient (Wildman–Crippen LogP) is 3.46. The van der Waals surface area contributed by atoms with Crippen molar-refractivity contribution in [2.24, 2.45) is 0 Å². The highest BCUT2D eigenvalue weighted by Crippen LogP contribution is 2.18. The Morgan fingerprint density at radius 1 is 1.00 bits per heavy atom. The molecule has 126 valence electrons. The first-order chi connectivity index (χ1) is 11.6. The molecule has 6 nitrogen and oxygen atoms in total. The average Bonchev–Trinajstić information content (AvgIpc) is 3.13. The van der Waals surface area contributed by atoms with Gasteiger partial charge in [0.05, 0.1) is 17.0 Å². The Bertz CT molecular complexity index is 771. The SMILES string of the molecule is Cc1cc(CNCc2ccc(OCc3c(C)noc3C)cc2)no1. The van der Waals surface area contributed by atoms with E-state index in [9.17, 15) is 0 Å². The second-order valence-electron chi connectivity index (χ2n) is 5.77. The normalized spacial score (nSPS) is 11.0. The lowest BCUT2D eigenvalue weighted by Crippen LogP contribution is -2.12. The van der Waals surface area contributed by atoms with Gasteiger partial charge in [-0.25, -0.2) is 0 Å². The van der Waals surface area contributed by atoms with Crippen molar-refractivity contribution in [3.63, 3.8) is 0 Å². The highest BCUT2D eigenvalue weighted by molar-refractivity contribution is 5.28. The van der Waals surface area contributed by atoms with E-state index in [-0.39, 0.29) is 0 Å². The van der Waals surface area contributed by atoms with E-state index in [1.54, 1.807) is 0 Å². The van der Waals surface area contributed by atoms with Crippen molar-refractivity contribution in [1.82, 2.24) is 15.6 Å². The zero-order chi connectivity index (χ0) is 16.9. The van der Waals surface area contributed by atoms with Crippen LogP contribution in [-0.4, -0.2) is 10.3 Å². The molecule has 3 aromatic rings. The molecule has 3 rings (SSSR count). The summed E-state index contributed by atoms with van der Waals surface area (Å²) in [5.74, 6) is 2.45. The first kappa shape index (κ1) is 16.3. The molecule has 0 spiro atoms. The van der Waals surface area contributed by atoms with E-state index in [4.69, 9.17) is 13.8 Å². The van der Waals surface area contributed by atoms with E-state index in [0.717, 1.165) is 40.8 Å². The van der Waals surface area contributed by atoms with E-state index < -0.39 is 0 Å². The number of rotatable bonds is 7. The molecule has 24 heavy (non-hydrogen) atoms. The van der Waals surface area contributed by atoms with Crippen molar-refractivity contribution >= 4 is 0 Å². The first-order valence-electron chi connectivity index (χ1n) is 7.88. The van der Waals surface area contributed by atoms with Crippen LogP contribution in [0.5, 0.6) is 5.75 Å². The molecule has 0 amide bonds. The third kappa shape index (κ3) is 4.02. The number of ether oxygens (including phenoxy) is 1. The van der Waals surface area contributed by atoms with Gasteiger partial charge in [0.15, 0.2) is 0 Å². The van der Waals surface area contributed by atoms with Gasteiger partial charge in [0.25, 0.3) is 0 Å². The summed E-state index contributed by atoms with van der Waals surface area (Å²) in [6.07, 6.45) is 0. The second kappa shape index (κ2) is 7.31. The Morgan fingerprint density at radius 2 is 1.79 bits per heavy atom. The minimum Gasteiger partial charge on any atom is -0.489 e. The lowest BCUT2D eigenvalue weighted by atomic mass is 10.2. The van der Waals surface area contributed by atoms with E-state index in [2.05, 4.69) is 15.6 Å². The minimum atomic E-state index is 0.463. The number of nitrogens with one attached hydrogen (secondary N) is 1. The van der Waals surface area contributed by atoms with Crippen molar-refractivity contribution in [3.8, 4) is 5.75 Å². The van der Waals surface area contributed by atoms with Crippen LogP contribution in [0.2, 0.25) is 0 Å². The van der Waals surface area contributed by atoms with Gasteiger partial charge in [-0.3, -0.25) is 0 Å². The van der Waals surface area contributed by atoms with E-state index in [0.29, 0.717) is 13.2 Å². The molecule has 0 fully saturated rings. The molecule has 0 unspecified atom stereocenters. The van der Waals surface area contributed by atoms with Crippen LogP contribution in [0.4, 0.5) is 0 Å². The molecule has 0 atom stereocenters. The van der Waals surface area contributed by atoms with E-state index >= 15 is 0 Å². The molecule has 0 bridgehead atoms. The Labute approximate surface area is 140 Å². The van der Waals surface area contributed by atoms with Gasteiger partial charge in [0, 0.05) is 19.2 Å². The Hall–Kier alpha value is -2.60. The molecule has 1 aromatic carbocycles. The van der Waals surface area contributed by atoms with Crippen molar-refractivity contribution < 1.29 is 13.8 Å². The molecule has 2 heterocycles. The van der Waals surface area contributed by atoms with Crippen LogP contribution in [0.1, 0.15) is 34.0 Å². The predicted molar refractivity (Wildman–Crippen MR) is 88.5 cm³/mol. The van der Waals surface area contributed by atoms with Crippen LogP contribution in [-0.2, 0) is 19.7 Å². The summed E-state index contributed by atoms with van der Waals surface area (Å²) in [6, 6.07) is 9.96. The summed E-state index contributed by atoms with van der Waals surface area (Å²) in [5.41, 5.74) is 3.96. The molecule has 0 aliphatic rings. The number of hydrogen-bond acceptors (Lipinski definition) is 6. The van der Waals surface area contributed by atoms with Gasteiger partial charge in [-0.2, -0.15) is 0 Å². The number of hydrogen-bond donors (Lipinski definition) is 1. The monoisotopic (exact) mass is 327 g/mol. The standard InChI is InChI=1S/C18H21N3O3/c1-12-8-16(21-23-12)10-19-9-15-4-6-17(7-5-15)22-11-18-13(2)20-24-14(18)3/h4-8,19H,9-11H2,1-3H3. The van der Waals surface area contributed by atoms with Crippen molar-refractivity contribution in [2.75, 3.05) is 0 Å². The zero-order valence-electron chi connectivity index (χ0n) is 14.1. The Kier molecular flexibility index (Phi) is 4.96. The summed E-state index contributed by atoms with van der Waals surface area (Å²) in [5, 5.41) is 11.2. The summed E-state index contributed by atoms with van der Waals surface area (Å²) >= 11 is 0. The Balaban J connectivity index is 1.48. The van der Waals surface area contributed by atoms with Gasteiger partial charge >= 0.3 is 0 Å². The molecule has 1 N–H and O–H groups in total. The van der Waals surface area contributed by atoms with E-state index in [1.165, 1.54) is 5.56 Å². The Morgan fingerprint density at radius 3 is 2.42 bits per heavy atom. The molecule has 0 aliphatic carbocycles. The maximum Gasteiger partial charge on any atom is 0.140 e. The average molecular weight is 327 g/mol. The van der Waals surface area contributed by atoms with Gasteiger partial charge in [-0.1, -0.05) is 22.4 Å². The van der Waals surface area contributed by atoms with Crippen LogP contribution < -0.4 is 10.1 Å². The largest absolute Gasteiger partial charge is 0.489 e. The molecule has 2 aromatic heterocycles. The molecular formula is C18H21N3O3. The third-order valence-corrected chi connectivity index (χ3v) is 3.80. The molecule has 0 saturated carbocycles. The maximum absolute atomic E-state index is 5.80. The van der Waals surface area contributed by atoms with Crippen molar-refractivity contribution in [2.45, 2.75) is 40.5 Å². The van der Waals surface area contributed by atoms with Gasteiger partial charge in [0.2, 0.25) is 0 Å². The number of nitrogens with zero attached hydrogens (tertiary/aromatic N) is 2. The minimum absolute atomic E-state index is 0.463. The summed E-state index contributed by atoms with van der Waals surface area (Å²) in [7, 11) is 0. The summed E-state index contributed by atoms with van der Waals surface area (Å²) < 4.78 is 16.0. The maximum atomic E-state index is 5.80. The van der Waals surface area contributed by atoms with Gasteiger partial charge < -0.3 is 19.1 Å². The fraction of sp³-hybridized carbons (Fsp3) is 0.333. The topological polar surface area (TPSA) is 73.3 Å². The smallest absolute Gasteiger partial charge is 0.140 e. The molecule has 0 aliphatic heterocycles. The molecule has 0 radical (unpaired) electrons. The highest BCUT2D eigenvalue weighted by atomic mass is 16.5. The van der Waals surface area contributed by atoms with Gasteiger partial charge in [-0.15, -0.1) is 0 Å².